The number of aliphatic hydroxyl groups excluding tert-OH is 1. The number of Topliss-reactive ketones (excluding diaryl/α,β-unsaturated/α-hetero) is 4. The number of H-pyrrole nitrogens is 1. The third-order valence-corrected chi connectivity index (χ3v) is 18.8. The lowest BCUT2D eigenvalue weighted by atomic mass is 9.84. The second-order valence-corrected chi connectivity index (χ2v) is 28.2. The molecule has 4 aromatic rings. The summed E-state index contributed by atoms with van der Waals surface area (Å²) in [5, 5.41) is 54.3. The number of allylic oxidation sites excluding steroid dienone is 1. The summed E-state index contributed by atoms with van der Waals surface area (Å²) in [6.07, 6.45) is -2.45. The quantitative estimate of drug-likeness (QED) is 0.0120. The number of anilines is 1. The molecule has 0 saturated carbocycles. The molecule has 644 valence electrons. The number of amides is 11. The summed E-state index contributed by atoms with van der Waals surface area (Å²) in [5.74, 6) is -26.6. The molecule has 20 N–H and O–H groups in total. The van der Waals surface area contributed by atoms with Gasteiger partial charge in [0.15, 0.2) is 23.1 Å². The number of rotatable bonds is 29. The number of aliphatic carboxylic acids is 2. The van der Waals surface area contributed by atoms with Gasteiger partial charge in [-0.2, -0.15) is 19.2 Å². The highest BCUT2D eigenvalue weighted by Gasteiger charge is 2.40. The Labute approximate surface area is 682 Å². The zero-order chi connectivity index (χ0) is 89.3. The topological polar surface area (TPSA) is 660 Å². The van der Waals surface area contributed by atoms with Crippen molar-refractivity contribution in [2.45, 2.75) is 186 Å². The monoisotopic (exact) mass is 1660 g/mol. The molecule has 40 nitrogen and oxygen atoms in total. The number of para-hydroxylation sites is 2. The highest BCUT2D eigenvalue weighted by atomic mass is 16.5. The van der Waals surface area contributed by atoms with Gasteiger partial charge in [-0.15, -0.1) is 0 Å². The third kappa shape index (κ3) is 34.2. The molecule has 0 aliphatic carbocycles. The van der Waals surface area contributed by atoms with Crippen LogP contribution in [-0.4, -0.2) is 219 Å². The number of hydrogen-bond donors (Lipinski definition) is 17. The number of aromatic amines is 1. The van der Waals surface area contributed by atoms with E-state index in [2.05, 4.69) is 65.1 Å². The summed E-state index contributed by atoms with van der Waals surface area (Å²) < 4.78 is 5.78. The maximum Gasteiger partial charge on any atom is 0.373 e. The van der Waals surface area contributed by atoms with E-state index in [9.17, 15) is 102 Å². The van der Waals surface area contributed by atoms with Crippen LogP contribution in [0.15, 0.2) is 85.1 Å². The smallest absolute Gasteiger partial charge is 0.373 e. The van der Waals surface area contributed by atoms with Crippen LogP contribution < -0.4 is 70.4 Å². The first kappa shape index (κ1) is 99.9. The molecule has 13 atom stereocenters. The van der Waals surface area contributed by atoms with E-state index in [1.165, 1.54) is 58.0 Å². The normalized spacial score (nSPS) is 20.8. The summed E-state index contributed by atoms with van der Waals surface area (Å²) in [6.45, 7) is 6.41. The molecule has 1 aliphatic heterocycles. The summed E-state index contributed by atoms with van der Waals surface area (Å²) >= 11 is 0. The average molecular weight is 1660 g/mol. The molecule has 0 unspecified atom stereocenters. The maximum absolute atomic E-state index is 14.8. The lowest BCUT2D eigenvalue weighted by Crippen LogP contribution is -2.58. The summed E-state index contributed by atoms with van der Waals surface area (Å²) in [6, 6.07) is 5.86. The van der Waals surface area contributed by atoms with E-state index < -0.39 is 249 Å². The van der Waals surface area contributed by atoms with Crippen molar-refractivity contribution in [2.75, 3.05) is 32.0 Å². The Kier molecular flexibility index (Phi) is 42.7. The molecule has 1 fully saturated rings. The van der Waals surface area contributed by atoms with Crippen LogP contribution in [0.2, 0.25) is 0 Å². The number of unbranched alkanes of at least 4 members (excludes halogenated alkanes) is 1. The second kappa shape index (κ2) is 50.9. The van der Waals surface area contributed by atoms with Crippen LogP contribution in [0, 0.1) is 23.7 Å². The number of nitrogens with two attached hydrogens (primary N) is 3. The van der Waals surface area contributed by atoms with Crippen molar-refractivity contribution >= 4 is 140 Å². The molecule has 119 heavy (non-hydrogen) atoms. The highest BCUT2D eigenvalue weighted by molar-refractivity contribution is 6.05. The Morgan fingerprint density at radius 1 is 0.647 bits per heavy atom. The number of aliphatic hydroxyl groups is 1. The predicted octanol–water partition coefficient (Wildman–Crippen LogP) is -2.12. The molecular formula is C79H102N14O26. The zero-order valence-electron chi connectivity index (χ0n) is 66.6. The van der Waals surface area contributed by atoms with Crippen molar-refractivity contribution in [3.8, 4) is 0 Å². The SMILES string of the molecule is CCCCc1ccc(/C(C)=C/C(=O)N[C@@H](Cc2c[nH]c3ccccc23)C(=O)N[C@H](CC(N)=O)C(=O)C[C@@H](C)C(=O)N[C@@H]2C(=O)NCC(=O)N[C@@H](CCCN)C(=O)N[C@@H](CC(=O)O)C(=O)C[C@H](C)C(=O)N[C@@H](C)C(=O)NCC(=O)N[C@H](CO)C(=O)C[C@@H]([C@H](C)CC(=O)O)C(=O)N[C@@H](CC(=O)c3ccccc3N)C(=O)O[C@@H]2C)cc1.O=C=O.O=C=O. The molecular weight excluding hydrogens is 1560 g/mol. The minimum absolute atomic E-state index is 0.00986. The van der Waals surface area contributed by atoms with Crippen molar-refractivity contribution in [1.29, 1.82) is 0 Å². The summed E-state index contributed by atoms with van der Waals surface area (Å²) in [5.41, 5.74) is 20.9. The number of carboxylic acid groups (broad SMARTS) is 2. The molecule has 1 aromatic heterocycles. The first-order valence-electron chi connectivity index (χ1n) is 37.7. The molecule has 5 rings (SSSR count). The summed E-state index contributed by atoms with van der Waals surface area (Å²) in [4.78, 5) is 284. The first-order chi connectivity index (χ1) is 56.3. The van der Waals surface area contributed by atoms with E-state index >= 15 is 0 Å². The molecule has 1 aliphatic rings. The largest absolute Gasteiger partial charge is 0.481 e. The van der Waals surface area contributed by atoms with Gasteiger partial charge in [-0.25, -0.2) is 4.79 Å². The van der Waals surface area contributed by atoms with Gasteiger partial charge in [0.1, 0.15) is 42.4 Å². The van der Waals surface area contributed by atoms with E-state index in [0.29, 0.717) is 22.0 Å². The molecule has 2 heterocycles. The van der Waals surface area contributed by atoms with Gasteiger partial charge in [0.25, 0.3) is 0 Å². The van der Waals surface area contributed by atoms with Gasteiger partial charge in [0.2, 0.25) is 65.0 Å². The predicted molar refractivity (Wildman–Crippen MR) is 417 cm³/mol. The highest BCUT2D eigenvalue weighted by Crippen LogP contribution is 2.25. The van der Waals surface area contributed by atoms with E-state index in [1.807, 2.05) is 24.3 Å². The molecule has 40 heteroatoms. The Hall–Kier alpha value is -13.3. The van der Waals surface area contributed by atoms with Gasteiger partial charge in [-0.05, 0) is 99.4 Å². The number of fused-ring (bicyclic) bond motifs is 1. The number of primary amides is 1. The number of carbonyl (C=O) groups excluding carboxylic acids is 20. The van der Waals surface area contributed by atoms with Crippen LogP contribution in [0.4, 0.5) is 5.69 Å². The first-order valence-corrected chi connectivity index (χ1v) is 37.7. The number of esters is 1. The lowest BCUT2D eigenvalue weighted by Gasteiger charge is -2.29. The molecule has 11 amide bonds. The van der Waals surface area contributed by atoms with Crippen LogP contribution >= 0.6 is 0 Å². The zero-order valence-corrected chi connectivity index (χ0v) is 66.6. The molecule has 0 spiro atoms. The van der Waals surface area contributed by atoms with E-state index in [0.717, 1.165) is 37.3 Å². The average Bonchev–Trinajstić information content (AvgIpc) is 1.71. The number of carbonyl (C=O) groups is 18. The number of carboxylic acids is 2. The van der Waals surface area contributed by atoms with Crippen molar-refractivity contribution in [3.05, 3.63) is 107 Å². The fourth-order valence-corrected chi connectivity index (χ4v) is 12.2. The molecule has 0 radical (unpaired) electrons. The minimum atomic E-state index is -2.18. The molecule has 3 aromatic carbocycles. The van der Waals surface area contributed by atoms with Crippen molar-refractivity contribution in [3.63, 3.8) is 0 Å². The third-order valence-electron chi connectivity index (χ3n) is 18.8. The summed E-state index contributed by atoms with van der Waals surface area (Å²) in [7, 11) is 0. The van der Waals surface area contributed by atoms with Gasteiger partial charge in [-0.1, -0.05) is 88.7 Å². The number of benzene rings is 3. The van der Waals surface area contributed by atoms with Crippen molar-refractivity contribution < 1.29 is 126 Å². The number of aryl methyl sites for hydroxylation is 1. The van der Waals surface area contributed by atoms with Crippen molar-refractivity contribution in [2.24, 2.45) is 35.1 Å². The molecule has 1 saturated heterocycles. The Balaban J connectivity index is 0.00000591. The Morgan fingerprint density at radius 3 is 1.84 bits per heavy atom. The number of nitrogens with one attached hydrogen (secondary N) is 11. The van der Waals surface area contributed by atoms with Gasteiger partial charge in [-0.3, -0.25) is 81.5 Å². The number of aromatic nitrogens is 1. The van der Waals surface area contributed by atoms with Gasteiger partial charge in [0.05, 0.1) is 44.6 Å². The van der Waals surface area contributed by atoms with Crippen LogP contribution in [0.25, 0.3) is 16.5 Å². The van der Waals surface area contributed by atoms with Gasteiger partial charge >= 0.3 is 30.2 Å². The van der Waals surface area contributed by atoms with Crippen molar-refractivity contribution in [1.82, 2.24) is 58.2 Å². The minimum Gasteiger partial charge on any atom is -0.481 e. The fraction of sp³-hybridized carbons (Fsp3) is 0.468. The lowest BCUT2D eigenvalue weighted by molar-refractivity contribution is -0.193. The maximum atomic E-state index is 14.8. The fourth-order valence-electron chi connectivity index (χ4n) is 12.2. The second-order valence-electron chi connectivity index (χ2n) is 28.2. The van der Waals surface area contributed by atoms with E-state index in [4.69, 9.17) is 41.1 Å². The van der Waals surface area contributed by atoms with Crippen LogP contribution in [0.5, 0.6) is 0 Å². The number of hydrogen-bond acceptors (Lipinski definition) is 26. The van der Waals surface area contributed by atoms with E-state index in [-0.39, 0.29) is 49.4 Å². The van der Waals surface area contributed by atoms with E-state index in [1.54, 1.807) is 37.4 Å². The Morgan fingerprint density at radius 2 is 1.24 bits per heavy atom. The van der Waals surface area contributed by atoms with Crippen LogP contribution in [-0.2, 0) is 118 Å². The number of cyclic esters (lactones) is 1. The number of ether oxygens (including phenoxy) is 1. The van der Waals surface area contributed by atoms with Gasteiger partial charge < -0.3 is 95.4 Å². The Bertz CT molecular complexity index is 4400. The standard InChI is InChI=1S/C77H102N14O22.2CO2/c1-8-9-15-45-21-23-46(24-22-45)39(2)28-64(98)86-56(30-47-35-81-52-19-13-11-16-48(47)52)75(110)88-54(33-63(80)97)60(94)27-42(5)71(106)91-69-44(7)113-77(112)57(32-59(93)49-17-10-12-18-51(49)79)90-73(108)50(40(3)29-67(101)102)31-62(96)58(38-92)87-66(100)36-82-72(107)43(6)84-70(105)41(4)26-61(95)55(34-68(103)104)89-74(109)53(20-14-25-78)85-65(99)37-83-76(69)111;2*2-1-3/h10-13,16-19,21-24,28,35,40-44,50,53-58,69,81,92H,8-9,14-15,20,25-27,29-34,36-38,78-79H2,1-7H3,(H2,80,97)(H,82,107)(H,83,111)(H,84,105)(H,85,99)(H,86,98)(H,87,100)(H,88,110)(H,89,109)(H,90,108)(H,91,106)(H,101,102)(H,103,104);;/b39-28+;;/t40-,41+,42-,43+,44-,50+,53+,54-,55+,56+,57+,58-,69+;;/m1../s1. The number of ketones is 4. The van der Waals surface area contributed by atoms with Crippen LogP contribution in [0.3, 0.4) is 0 Å². The van der Waals surface area contributed by atoms with Crippen LogP contribution in [0.1, 0.15) is 146 Å². The number of nitrogen functional groups attached to an aromatic ring is 1. The molecule has 0 bridgehead atoms. The van der Waals surface area contributed by atoms with Gasteiger partial charge in [0, 0.05) is 90.7 Å².